The third-order valence-electron chi connectivity index (χ3n) is 8.88. The molecule has 2 aliphatic rings. The molecule has 2 heterocycles. The van der Waals surface area contributed by atoms with Crippen LogP contribution in [0.15, 0.2) is 36.4 Å². The summed E-state index contributed by atoms with van der Waals surface area (Å²) in [5.41, 5.74) is 18.7. The van der Waals surface area contributed by atoms with Crippen molar-refractivity contribution < 1.29 is 33.9 Å². The summed E-state index contributed by atoms with van der Waals surface area (Å²) < 4.78 is 0. The Hall–Kier alpha value is -4.34. The molecule has 276 valence electrons. The fraction of sp³-hybridized carbons (Fsp3) is 0.600. The molecule has 15 heteroatoms. The molecule has 0 unspecified atom stereocenters. The molecule has 3 rings (SSSR count). The Bertz CT molecular complexity index is 1390. The van der Waals surface area contributed by atoms with Crippen LogP contribution in [-0.4, -0.2) is 90.0 Å². The molecule has 50 heavy (non-hydrogen) atoms. The summed E-state index contributed by atoms with van der Waals surface area (Å²) >= 11 is 0. The van der Waals surface area contributed by atoms with Crippen LogP contribution in [0.25, 0.3) is 0 Å². The summed E-state index contributed by atoms with van der Waals surface area (Å²) in [5.74, 6) is -4.12. The van der Waals surface area contributed by atoms with Gasteiger partial charge in [-0.2, -0.15) is 0 Å². The first-order valence-electron chi connectivity index (χ1n) is 17.5. The molecular weight excluding hydrogens is 644 g/mol. The maximum Gasteiger partial charge on any atom is 0.326 e. The van der Waals surface area contributed by atoms with Crippen LogP contribution in [0.4, 0.5) is 5.69 Å². The number of carboxylic acids is 1. The number of aliphatic carboxylic acids is 1. The first kappa shape index (κ1) is 40.1. The van der Waals surface area contributed by atoms with Gasteiger partial charge in [0.2, 0.25) is 23.6 Å². The van der Waals surface area contributed by atoms with E-state index in [1.807, 2.05) is 13.8 Å². The largest absolute Gasteiger partial charge is 0.480 e. The number of amides is 5. The summed E-state index contributed by atoms with van der Waals surface area (Å²) in [7, 11) is 0. The van der Waals surface area contributed by atoms with Crippen molar-refractivity contribution >= 4 is 41.2 Å². The Morgan fingerprint density at radius 2 is 1.46 bits per heavy atom. The molecule has 15 nitrogen and oxygen atoms in total. The zero-order chi connectivity index (χ0) is 36.8. The van der Waals surface area contributed by atoms with Crippen LogP contribution in [0.5, 0.6) is 0 Å². The minimum Gasteiger partial charge on any atom is -0.480 e. The quantitative estimate of drug-likeness (QED) is 0.0950. The zero-order valence-corrected chi connectivity index (χ0v) is 29.1. The summed E-state index contributed by atoms with van der Waals surface area (Å²) in [4.78, 5) is 81.9. The molecule has 5 amide bonds. The molecular formula is C35H54N8O7. The Morgan fingerprint density at radius 1 is 0.880 bits per heavy atom. The van der Waals surface area contributed by atoms with Gasteiger partial charge in [-0.15, -0.1) is 0 Å². The predicted octanol–water partition coefficient (Wildman–Crippen LogP) is -0.0505. The number of nitrogens with two attached hydrogens (primary N) is 3. The minimum absolute atomic E-state index is 0.0117. The highest BCUT2D eigenvalue weighted by Crippen LogP contribution is 2.33. The number of carbonyl (C=O) groups is 6. The monoisotopic (exact) mass is 698 g/mol. The number of nitrogens with zero attached hydrogens (tertiary/aromatic N) is 1. The summed E-state index contributed by atoms with van der Waals surface area (Å²) in [6.07, 6.45) is 6.50. The van der Waals surface area contributed by atoms with Gasteiger partial charge < -0.3 is 43.6 Å². The van der Waals surface area contributed by atoms with Gasteiger partial charge in [0.05, 0.1) is 6.04 Å². The number of para-hydroxylation sites is 1. The van der Waals surface area contributed by atoms with Crippen molar-refractivity contribution in [3.05, 3.63) is 42.0 Å². The van der Waals surface area contributed by atoms with Gasteiger partial charge in [0.25, 0.3) is 5.91 Å². The topological polar surface area (TPSA) is 252 Å². The van der Waals surface area contributed by atoms with E-state index in [1.165, 1.54) is 4.90 Å². The van der Waals surface area contributed by atoms with Gasteiger partial charge in [0, 0.05) is 12.1 Å². The van der Waals surface area contributed by atoms with E-state index in [4.69, 9.17) is 17.2 Å². The summed E-state index contributed by atoms with van der Waals surface area (Å²) in [5, 5.41) is 20.7. The molecule has 0 aromatic heterocycles. The number of fused-ring (bicyclic) bond motifs is 1. The number of hydrogen-bond donors (Lipinski definition) is 8. The van der Waals surface area contributed by atoms with E-state index >= 15 is 0 Å². The highest BCUT2D eigenvalue weighted by atomic mass is 16.4. The van der Waals surface area contributed by atoms with Crippen molar-refractivity contribution in [1.82, 2.24) is 21.3 Å². The second-order valence-electron chi connectivity index (χ2n) is 13.4. The number of carbonyl (C=O) groups excluding carboxylic acids is 5. The molecule has 0 spiro atoms. The lowest BCUT2D eigenvalue weighted by Crippen LogP contribution is -2.59. The number of unbranched alkanes of at least 4 members (excludes halogenated alkanes) is 2. The van der Waals surface area contributed by atoms with E-state index in [-0.39, 0.29) is 44.4 Å². The van der Waals surface area contributed by atoms with Gasteiger partial charge in [-0.1, -0.05) is 44.2 Å². The van der Waals surface area contributed by atoms with Crippen molar-refractivity contribution in [2.75, 3.05) is 18.0 Å². The number of anilines is 1. The number of hydrogen-bond acceptors (Lipinski definition) is 9. The van der Waals surface area contributed by atoms with Crippen molar-refractivity contribution in [2.24, 2.45) is 23.1 Å². The van der Waals surface area contributed by atoms with Crippen molar-refractivity contribution in [3.8, 4) is 0 Å². The molecule has 0 aliphatic carbocycles. The third kappa shape index (κ3) is 11.4. The zero-order valence-electron chi connectivity index (χ0n) is 29.1. The second-order valence-corrected chi connectivity index (χ2v) is 13.4. The Morgan fingerprint density at radius 3 is 2.06 bits per heavy atom. The fourth-order valence-corrected chi connectivity index (χ4v) is 6.15. The van der Waals surface area contributed by atoms with Crippen LogP contribution < -0.4 is 43.4 Å². The molecule has 0 bridgehead atoms. The summed E-state index contributed by atoms with van der Waals surface area (Å²) in [6.45, 7) is 4.48. The molecule has 11 N–H and O–H groups in total. The molecule has 0 saturated carbocycles. The number of benzene rings is 1. The van der Waals surface area contributed by atoms with Gasteiger partial charge in [-0.05, 0) is 88.4 Å². The van der Waals surface area contributed by atoms with Crippen LogP contribution >= 0.6 is 0 Å². The van der Waals surface area contributed by atoms with Crippen LogP contribution in [0.2, 0.25) is 0 Å². The van der Waals surface area contributed by atoms with Crippen molar-refractivity contribution in [1.29, 1.82) is 0 Å². The van der Waals surface area contributed by atoms with Crippen LogP contribution in [0.1, 0.15) is 77.2 Å². The lowest BCUT2D eigenvalue weighted by molar-refractivity contribution is -0.142. The van der Waals surface area contributed by atoms with E-state index in [2.05, 4.69) is 21.3 Å². The molecule has 0 radical (unpaired) electrons. The van der Waals surface area contributed by atoms with E-state index in [0.717, 1.165) is 0 Å². The molecule has 0 saturated heterocycles. The Kier molecular flexibility index (Phi) is 15.8. The van der Waals surface area contributed by atoms with E-state index in [1.54, 1.807) is 36.4 Å². The van der Waals surface area contributed by atoms with E-state index < -0.39 is 71.8 Å². The Labute approximate surface area is 293 Å². The molecule has 1 aromatic carbocycles. The number of nitrogens with one attached hydrogen (secondary N) is 4. The Balaban J connectivity index is 1.98. The smallest absolute Gasteiger partial charge is 0.326 e. The lowest BCUT2D eigenvalue weighted by Gasteiger charge is -2.31. The molecule has 0 fully saturated rings. The average Bonchev–Trinajstić information content (AvgIpc) is 3.47. The van der Waals surface area contributed by atoms with Crippen LogP contribution in [0.3, 0.4) is 0 Å². The first-order valence-corrected chi connectivity index (χ1v) is 17.5. The van der Waals surface area contributed by atoms with Crippen molar-refractivity contribution in [2.45, 2.75) is 114 Å². The second kappa shape index (κ2) is 19.7. The molecule has 2 aliphatic heterocycles. The minimum atomic E-state index is -1.19. The average molecular weight is 699 g/mol. The third-order valence-corrected chi connectivity index (χ3v) is 8.88. The number of rotatable bonds is 14. The van der Waals surface area contributed by atoms with Gasteiger partial charge in [-0.3, -0.25) is 28.9 Å². The van der Waals surface area contributed by atoms with Gasteiger partial charge in [-0.25, -0.2) is 4.79 Å². The summed E-state index contributed by atoms with van der Waals surface area (Å²) in [6, 6.07) is 0.583. The highest BCUT2D eigenvalue weighted by molar-refractivity contribution is 6.07. The van der Waals surface area contributed by atoms with Gasteiger partial charge in [0.1, 0.15) is 30.2 Å². The van der Waals surface area contributed by atoms with Gasteiger partial charge >= 0.3 is 5.97 Å². The van der Waals surface area contributed by atoms with E-state index in [9.17, 15) is 33.9 Å². The van der Waals surface area contributed by atoms with Gasteiger partial charge in [0.15, 0.2) is 0 Å². The van der Waals surface area contributed by atoms with E-state index in [0.29, 0.717) is 50.0 Å². The standard InChI is InChI=1S/C35H54N8O7/c1-21(2)19-27(35(49)50)42-33(47)29-20-22-11-3-6-16-28(22)43(29)34(48)26-15-5-4-12-23(38)30(44)39-24(13-7-9-17-36)31(45)40-25(32(46)41-26)14-8-10-18-37/h3-6,11,16,21,23-27,29H,7-10,12-15,17-20,36-38H2,1-2H3,(H,39,44)(H,40,45)(H,41,46)(H,42,47)(H,49,50)/t23-,24-,25-,26-,27-,29-/m0/s1. The normalized spacial score (nSPS) is 23.7. The SMILES string of the molecule is CC(C)C[C@H](NC(=O)[C@@H]1Cc2ccccc2N1C(=O)[C@@H]1CC=CC[C@H](N)C(=O)N[C@@H](CCCCN)C(=O)N[C@@H](CCCCN)C(=O)N1)C(=O)O. The fourth-order valence-electron chi connectivity index (χ4n) is 6.15. The number of carboxylic acid groups (broad SMARTS) is 1. The van der Waals surface area contributed by atoms with Crippen LogP contribution in [0, 0.1) is 5.92 Å². The molecule has 6 atom stereocenters. The van der Waals surface area contributed by atoms with Crippen LogP contribution in [-0.2, 0) is 35.2 Å². The lowest BCUT2D eigenvalue weighted by atomic mass is 10.0. The van der Waals surface area contributed by atoms with Crippen molar-refractivity contribution in [3.63, 3.8) is 0 Å². The maximum absolute atomic E-state index is 14.5. The first-order chi connectivity index (χ1) is 23.9. The molecule has 1 aromatic rings. The predicted molar refractivity (Wildman–Crippen MR) is 188 cm³/mol. The highest BCUT2D eigenvalue weighted by Gasteiger charge is 2.42. The maximum atomic E-state index is 14.5.